The number of rotatable bonds is 5. The van der Waals surface area contributed by atoms with Gasteiger partial charge in [0.25, 0.3) is 11.6 Å². The van der Waals surface area contributed by atoms with E-state index in [0.717, 1.165) is 42.6 Å². The summed E-state index contributed by atoms with van der Waals surface area (Å²) in [5, 5.41) is 11.5. The Morgan fingerprint density at radius 3 is 2.56 bits per heavy atom. The van der Waals surface area contributed by atoms with Gasteiger partial charge in [0.15, 0.2) is 0 Å². The number of benzene rings is 1. The number of hydrogen-bond acceptors (Lipinski definition) is 5. The Balaban J connectivity index is 2.07. The topological polar surface area (TPSA) is 76.3 Å². The SMILES string of the molecule is CSc1ccc([N+](=O)[O-])c(C(=O)N(c2ccc(C)cn2)C2CCCCC2)c1. The lowest BCUT2D eigenvalue weighted by Crippen LogP contribution is -2.42. The maximum atomic E-state index is 13.5. The van der Waals surface area contributed by atoms with Crippen molar-refractivity contribution in [2.24, 2.45) is 0 Å². The second kappa shape index (κ2) is 8.52. The van der Waals surface area contributed by atoms with E-state index in [2.05, 4.69) is 4.98 Å². The average Bonchev–Trinajstić information content (AvgIpc) is 2.69. The molecule has 142 valence electrons. The molecule has 0 atom stereocenters. The van der Waals surface area contributed by atoms with Crippen LogP contribution in [0, 0.1) is 17.0 Å². The minimum atomic E-state index is -0.487. The molecule has 1 aromatic carbocycles. The van der Waals surface area contributed by atoms with E-state index >= 15 is 0 Å². The third-order valence-corrected chi connectivity index (χ3v) is 5.66. The highest BCUT2D eigenvalue weighted by Crippen LogP contribution is 2.31. The number of amides is 1. The first-order valence-corrected chi connectivity index (χ1v) is 10.3. The van der Waals surface area contributed by atoms with Crippen molar-refractivity contribution in [2.75, 3.05) is 11.2 Å². The molecule has 1 aliphatic rings. The lowest BCUT2D eigenvalue weighted by molar-refractivity contribution is -0.385. The minimum absolute atomic E-state index is 0.0130. The summed E-state index contributed by atoms with van der Waals surface area (Å²) in [6.45, 7) is 1.94. The van der Waals surface area contributed by atoms with Gasteiger partial charge in [0.1, 0.15) is 11.4 Å². The van der Waals surface area contributed by atoms with E-state index in [1.54, 1.807) is 23.2 Å². The summed E-state index contributed by atoms with van der Waals surface area (Å²) >= 11 is 1.46. The Labute approximate surface area is 163 Å². The van der Waals surface area contributed by atoms with Crippen LogP contribution in [0.3, 0.4) is 0 Å². The molecular weight excluding hydrogens is 362 g/mol. The van der Waals surface area contributed by atoms with Crippen molar-refractivity contribution < 1.29 is 9.72 Å². The number of nitro groups is 1. The van der Waals surface area contributed by atoms with Crippen LogP contribution < -0.4 is 4.90 Å². The summed E-state index contributed by atoms with van der Waals surface area (Å²) in [5.74, 6) is 0.210. The zero-order valence-corrected chi connectivity index (χ0v) is 16.4. The molecule has 1 fully saturated rings. The average molecular weight is 385 g/mol. The predicted octanol–water partition coefficient (Wildman–Crippen LogP) is 5.00. The van der Waals surface area contributed by atoms with E-state index in [-0.39, 0.29) is 23.2 Å². The highest BCUT2D eigenvalue weighted by atomic mass is 32.2. The molecule has 0 spiro atoms. The van der Waals surface area contributed by atoms with E-state index in [0.29, 0.717) is 5.82 Å². The molecule has 1 amide bonds. The van der Waals surface area contributed by atoms with Gasteiger partial charge in [-0.15, -0.1) is 11.8 Å². The number of thioether (sulfide) groups is 1. The van der Waals surface area contributed by atoms with Crippen LogP contribution in [0.4, 0.5) is 11.5 Å². The van der Waals surface area contributed by atoms with Crippen molar-refractivity contribution >= 4 is 29.2 Å². The van der Waals surface area contributed by atoms with Gasteiger partial charge < -0.3 is 0 Å². The Bertz CT molecular complexity index is 833. The van der Waals surface area contributed by atoms with Gasteiger partial charge in [-0.3, -0.25) is 19.8 Å². The van der Waals surface area contributed by atoms with E-state index in [9.17, 15) is 14.9 Å². The molecule has 2 aromatic rings. The quantitative estimate of drug-likeness (QED) is 0.411. The van der Waals surface area contributed by atoms with Crippen molar-refractivity contribution in [2.45, 2.75) is 50.0 Å². The number of aromatic nitrogens is 1. The first kappa shape index (κ1) is 19.4. The number of hydrogen-bond donors (Lipinski definition) is 0. The molecular formula is C20H23N3O3S. The first-order chi connectivity index (χ1) is 13.0. The predicted molar refractivity (Wildman–Crippen MR) is 108 cm³/mol. The van der Waals surface area contributed by atoms with Crippen molar-refractivity contribution in [3.8, 4) is 0 Å². The number of carbonyl (C=O) groups excluding carboxylic acids is 1. The largest absolute Gasteiger partial charge is 0.289 e. The monoisotopic (exact) mass is 385 g/mol. The smallest absolute Gasteiger partial charge is 0.282 e. The lowest BCUT2D eigenvalue weighted by atomic mass is 9.93. The Hall–Kier alpha value is -2.41. The molecule has 1 heterocycles. The Morgan fingerprint density at radius 2 is 1.96 bits per heavy atom. The van der Waals surface area contributed by atoms with Gasteiger partial charge in [-0.05, 0) is 49.8 Å². The van der Waals surface area contributed by atoms with Crippen LogP contribution in [0.25, 0.3) is 0 Å². The van der Waals surface area contributed by atoms with Gasteiger partial charge in [0.2, 0.25) is 0 Å². The maximum Gasteiger partial charge on any atom is 0.282 e. The van der Waals surface area contributed by atoms with Crippen LogP contribution in [0.1, 0.15) is 48.0 Å². The normalized spacial score (nSPS) is 14.7. The molecule has 3 rings (SSSR count). The van der Waals surface area contributed by atoms with Crippen LogP contribution in [-0.4, -0.2) is 28.1 Å². The van der Waals surface area contributed by atoms with Crippen LogP contribution in [0.2, 0.25) is 0 Å². The third kappa shape index (κ3) is 4.30. The van der Waals surface area contributed by atoms with E-state index in [4.69, 9.17) is 0 Å². The van der Waals surface area contributed by atoms with Crippen molar-refractivity contribution in [1.29, 1.82) is 0 Å². The fourth-order valence-electron chi connectivity index (χ4n) is 3.50. The lowest BCUT2D eigenvalue weighted by Gasteiger charge is -2.33. The highest BCUT2D eigenvalue weighted by molar-refractivity contribution is 7.98. The number of nitrogens with zero attached hydrogens (tertiary/aromatic N) is 3. The van der Waals surface area contributed by atoms with Crippen molar-refractivity contribution in [3.05, 3.63) is 57.8 Å². The minimum Gasteiger partial charge on any atom is -0.289 e. The van der Waals surface area contributed by atoms with Crippen LogP contribution in [0.15, 0.2) is 41.4 Å². The molecule has 6 nitrogen and oxygen atoms in total. The standard InChI is InChI=1S/C20H23N3O3S/c1-14-8-11-19(21-13-14)22(15-6-4-3-5-7-15)20(24)17-12-16(27-2)9-10-18(17)23(25)26/h8-13,15H,3-7H2,1-2H3. The zero-order valence-electron chi connectivity index (χ0n) is 15.6. The van der Waals surface area contributed by atoms with Gasteiger partial charge in [-0.1, -0.05) is 25.3 Å². The molecule has 0 bridgehead atoms. The highest BCUT2D eigenvalue weighted by Gasteiger charge is 2.32. The maximum absolute atomic E-state index is 13.5. The van der Waals surface area contributed by atoms with E-state index in [1.165, 1.54) is 17.8 Å². The van der Waals surface area contributed by atoms with Gasteiger partial charge >= 0.3 is 0 Å². The van der Waals surface area contributed by atoms with Gasteiger partial charge in [0.05, 0.1) is 4.92 Å². The van der Waals surface area contributed by atoms with Crippen molar-refractivity contribution in [1.82, 2.24) is 4.98 Å². The number of anilines is 1. The Morgan fingerprint density at radius 1 is 1.22 bits per heavy atom. The van der Waals surface area contributed by atoms with Crippen molar-refractivity contribution in [3.63, 3.8) is 0 Å². The molecule has 1 aliphatic carbocycles. The first-order valence-electron chi connectivity index (χ1n) is 9.10. The number of nitro benzene ring substituents is 1. The Kier molecular flexibility index (Phi) is 6.11. The molecule has 0 N–H and O–H groups in total. The van der Waals surface area contributed by atoms with Gasteiger partial charge in [-0.2, -0.15) is 0 Å². The summed E-state index contributed by atoms with van der Waals surface area (Å²) in [6, 6.07) is 8.47. The molecule has 0 unspecified atom stereocenters. The second-order valence-corrected chi connectivity index (χ2v) is 7.68. The van der Waals surface area contributed by atoms with E-state index < -0.39 is 4.92 Å². The molecule has 7 heteroatoms. The fraction of sp³-hybridized carbons (Fsp3) is 0.400. The molecule has 27 heavy (non-hydrogen) atoms. The van der Waals surface area contributed by atoms with Crippen LogP contribution in [0.5, 0.6) is 0 Å². The van der Waals surface area contributed by atoms with Gasteiger partial charge in [0, 0.05) is 23.2 Å². The third-order valence-electron chi connectivity index (χ3n) is 4.93. The molecule has 0 saturated heterocycles. The molecule has 0 aliphatic heterocycles. The molecule has 0 radical (unpaired) electrons. The number of aryl methyl sites for hydroxylation is 1. The van der Waals surface area contributed by atoms with Crippen LogP contribution >= 0.6 is 11.8 Å². The number of pyridine rings is 1. The fourth-order valence-corrected chi connectivity index (χ4v) is 3.94. The van der Waals surface area contributed by atoms with Crippen LogP contribution in [-0.2, 0) is 0 Å². The van der Waals surface area contributed by atoms with E-state index in [1.807, 2.05) is 25.3 Å². The zero-order chi connectivity index (χ0) is 19.4. The summed E-state index contributed by atoms with van der Waals surface area (Å²) < 4.78 is 0. The van der Waals surface area contributed by atoms with Gasteiger partial charge in [-0.25, -0.2) is 4.98 Å². The number of carbonyl (C=O) groups is 1. The summed E-state index contributed by atoms with van der Waals surface area (Å²) in [6.07, 6.45) is 8.64. The summed E-state index contributed by atoms with van der Waals surface area (Å²) in [7, 11) is 0. The molecule has 1 aromatic heterocycles. The molecule has 1 saturated carbocycles. The summed E-state index contributed by atoms with van der Waals surface area (Å²) in [4.78, 5) is 31.5. The second-order valence-electron chi connectivity index (χ2n) is 6.80. The summed E-state index contributed by atoms with van der Waals surface area (Å²) in [5.41, 5.74) is 0.968.